The molecular formula is C12H11NO4. The fourth-order valence-corrected chi connectivity index (χ4v) is 1.22. The molecule has 2 N–H and O–H groups in total. The first-order valence-corrected chi connectivity index (χ1v) is 4.78. The number of nitrogens with one attached hydrogen (secondary N) is 1. The number of terminal acetylenes is 1. The summed E-state index contributed by atoms with van der Waals surface area (Å²) in [6, 6.07) is 4.93. The molecule has 88 valence electrons. The van der Waals surface area contributed by atoms with Crippen molar-refractivity contribution in [2.24, 2.45) is 0 Å². The van der Waals surface area contributed by atoms with Crippen molar-refractivity contribution in [1.29, 1.82) is 0 Å². The topological polar surface area (TPSA) is 75.6 Å². The van der Waals surface area contributed by atoms with Gasteiger partial charge in [-0.05, 0) is 12.1 Å². The molecular weight excluding hydrogens is 222 g/mol. The van der Waals surface area contributed by atoms with Gasteiger partial charge in [-0.1, -0.05) is 12.0 Å². The Kier molecular flexibility index (Phi) is 4.58. The summed E-state index contributed by atoms with van der Waals surface area (Å²) >= 11 is 0. The van der Waals surface area contributed by atoms with Crippen molar-refractivity contribution in [1.82, 2.24) is 5.32 Å². The SMILES string of the molecule is C#Cc1ccc(CNC=O)c(OCC(=O)O)c1. The summed E-state index contributed by atoms with van der Waals surface area (Å²) in [6.07, 6.45) is 5.78. The van der Waals surface area contributed by atoms with Crippen LogP contribution >= 0.6 is 0 Å². The molecule has 0 bridgehead atoms. The number of benzene rings is 1. The molecule has 0 radical (unpaired) electrons. The molecule has 0 heterocycles. The van der Waals surface area contributed by atoms with E-state index in [9.17, 15) is 9.59 Å². The third kappa shape index (κ3) is 3.87. The lowest BCUT2D eigenvalue weighted by molar-refractivity contribution is -0.139. The highest BCUT2D eigenvalue weighted by molar-refractivity contribution is 5.68. The van der Waals surface area contributed by atoms with Crippen LogP contribution in [0.1, 0.15) is 11.1 Å². The van der Waals surface area contributed by atoms with Crippen LogP contribution in [0.3, 0.4) is 0 Å². The number of carbonyl (C=O) groups excluding carboxylic acids is 1. The van der Waals surface area contributed by atoms with Gasteiger partial charge in [-0.15, -0.1) is 6.42 Å². The maximum atomic E-state index is 10.4. The summed E-state index contributed by atoms with van der Waals surface area (Å²) in [5, 5.41) is 11.0. The number of aliphatic carboxylic acids is 1. The molecule has 0 atom stereocenters. The standard InChI is InChI=1S/C12H11NO4/c1-2-9-3-4-10(6-13-8-14)11(5-9)17-7-12(15)16/h1,3-5,8H,6-7H2,(H,13,14)(H,15,16). The highest BCUT2D eigenvalue weighted by atomic mass is 16.5. The van der Waals surface area contributed by atoms with Gasteiger partial charge in [0.15, 0.2) is 6.61 Å². The molecule has 0 saturated carbocycles. The zero-order valence-corrected chi connectivity index (χ0v) is 8.97. The Morgan fingerprint density at radius 2 is 2.35 bits per heavy atom. The molecule has 0 fully saturated rings. The summed E-state index contributed by atoms with van der Waals surface area (Å²) in [7, 11) is 0. The molecule has 0 spiro atoms. The van der Waals surface area contributed by atoms with E-state index in [0.717, 1.165) is 0 Å². The third-order valence-electron chi connectivity index (χ3n) is 1.96. The minimum Gasteiger partial charge on any atom is -0.482 e. The zero-order valence-electron chi connectivity index (χ0n) is 8.97. The Labute approximate surface area is 98.4 Å². The first kappa shape index (κ1) is 12.6. The summed E-state index contributed by atoms with van der Waals surface area (Å²) in [6.45, 7) is -0.203. The Hall–Kier alpha value is -2.48. The summed E-state index contributed by atoms with van der Waals surface area (Å²) in [4.78, 5) is 20.6. The smallest absolute Gasteiger partial charge is 0.341 e. The van der Waals surface area contributed by atoms with E-state index in [1.165, 1.54) is 0 Å². The molecule has 5 heteroatoms. The normalized spacial score (nSPS) is 9.12. The lowest BCUT2D eigenvalue weighted by Gasteiger charge is -2.10. The van der Waals surface area contributed by atoms with E-state index >= 15 is 0 Å². The molecule has 5 nitrogen and oxygen atoms in total. The predicted octanol–water partition coefficient (Wildman–Crippen LogP) is 0.377. The molecule has 1 aromatic carbocycles. The van der Waals surface area contributed by atoms with E-state index < -0.39 is 12.6 Å². The average Bonchev–Trinajstić information content (AvgIpc) is 2.34. The van der Waals surface area contributed by atoms with E-state index in [4.69, 9.17) is 16.3 Å². The van der Waals surface area contributed by atoms with Gasteiger partial charge in [-0.2, -0.15) is 0 Å². The molecule has 0 aromatic heterocycles. The fourth-order valence-electron chi connectivity index (χ4n) is 1.22. The first-order valence-electron chi connectivity index (χ1n) is 4.78. The van der Waals surface area contributed by atoms with Crippen LogP contribution in [0.5, 0.6) is 5.75 Å². The summed E-state index contributed by atoms with van der Waals surface area (Å²) in [5.74, 6) is 1.70. The minimum absolute atomic E-state index is 0.253. The van der Waals surface area contributed by atoms with Gasteiger partial charge in [0.25, 0.3) is 0 Å². The zero-order chi connectivity index (χ0) is 12.7. The van der Waals surface area contributed by atoms with Gasteiger partial charge < -0.3 is 15.2 Å². The van der Waals surface area contributed by atoms with Gasteiger partial charge >= 0.3 is 5.97 Å². The highest BCUT2D eigenvalue weighted by Gasteiger charge is 2.06. The van der Waals surface area contributed by atoms with Crippen molar-refractivity contribution in [2.45, 2.75) is 6.54 Å². The second kappa shape index (κ2) is 6.18. The van der Waals surface area contributed by atoms with Crippen LogP contribution in [0, 0.1) is 12.3 Å². The Morgan fingerprint density at radius 3 is 2.94 bits per heavy atom. The number of carbonyl (C=O) groups is 2. The lowest BCUT2D eigenvalue weighted by Crippen LogP contribution is -2.14. The van der Waals surface area contributed by atoms with E-state index in [2.05, 4.69) is 11.2 Å². The molecule has 0 unspecified atom stereocenters. The van der Waals surface area contributed by atoms with Crippen LogP contribution in [0.4, 0.5) is 0 Å². The monoisotopic (exact) mass is 233 g/mol. The van der Waals surface area contributed by atoms with E-state index in [1.807, 2.05) is 0 Å². The predicted molar refractivity (Wildman–Crippen MR) is 60.4 cm³/mol. The van der Waals surface area contributed by atoms with Crippen molar-refractivity contribution in [3.05, 3.63) is 29.3 Å². The maximum Gasteiger partial charge on any atom is 0.341 e. The van der Waals surface area contributed by atoms with Crippen LogP contribution in [-0.2, 0) is 16.1 Å². The van der Waals surface area contributed by atoms with Gasteiger partial charge in [0, 0.05) is 17.7 Å². The van der Waals surface area contributed by atoms with Crippen LogP contribution < -0.4 is 10.1 Å². The van der Waals surface area contributed by atoms with E-state index in [0.29, 0.717) is 23.3 Å². The highest BCUT2D eigenvalue weighted by Crippen LogP contribution is 2.20. The van der Waals surface area contributed by atoms with Crippen molar-refractivity contribution in [3.8, 4) is 18.1 Å². The van der Waals surface area contributed by atoms with Crippen LogP contribution in [0.15, 0.2) is 18.2 Å². The van der Waals surface area contributed by atoms with E-state index in [1.54, 1.807) is 18.2 Å². The van der Waals surface area contributed by atoms with E-state index in [-0.39, 0.29) is 6.54 Å². The van der Waals surface area contributed by atoms with Crippen molar-refractivity contribution in [3.63, 3.8) is 0 Å². The molecule has 0 aliphatic rings. The largest absolute Gasteiger partial charge is 0.482 e. The third-order valence-corrected chi connectivity index (χ3v) is 1.96. The van der Waals surface area contributed by atoms with Crippen LogP contribution in [0.2, 0.25) is 0 Å². The Balaban J connectivity index is 2.90. The molecule has 1 aromatic rings. The fraction of sp³-hybridized carbons (Fsp3) is 0.167. The number of carboxylic acids is 1. The first-order chi connectivity index (χ1) is 8.17. The van der Waals surface area contributed by atoms with Gasteiger partial charge in [-0.25, -0.2) is 4.79 Å². The number of carboxylic acid groups (broad SMARTS) is 1. The van der Waals surface area contributed by atoms with Gasteiger partial charge in [0.2, 0.25) is 6.41 Å². The van der Waals surface area contributed by atoms with Crippen LogP contribution in [0.25, 0.3) is 0 Å². The lowest BCUT2D eigenvalue weighted by atomic mass is 10.1. The second-order valence-corrected chi connectivity index (χ2v) is 3.15. The summed E-state index contributed by atoms with van der Waals surface area (Å²) in [5.41, 5.74) is 1.25. The Bertz CT molecular complexity index is 462. The quantitative estimate of drug-likeness (QED) is 0.550. The molecule has 0 saturated heterocycles. The molecule has 0 aliphatic carbocycles. The van der Waals surface area contributed by atoms with Gasteiger partial charge in [0.1, 0.15) is 5.75 Å². The van der Waals surface area contributed by atoms with Gasteiger partial charge in [-0.3, -0.25) is 4.79 Å². The van der Waals surface area contributed by atoms with Gasteiger partial charge in [0.05, 0.1) is 0 Å². The number of amides is 1. The second-order valence-electron chi connectivity index (χ2n) is 3.15. The number of rotatable bonds is 6. The molecule has 17 heavy (non-hydrogen) atoms. The number of ether oxygens (including phenoxy) is 1. The summed E-state index contributed by atoms with van der Waals surface area (Å²) < 4.78 is 5.09. The number of hydrogen-bond acceptors (Lipinski definition) is 3. The van der Waals surface area contributed by atoms with Crippen molar-refractivity contribution >= 4 is 12.4 Å². The van der Waals surface area contributed by atoms with Crippen LogP contribution in [-0.4, -0.2) is 24.1 Å². The molecule has 1 amide bonds. The molecule has 0 aliphatic heterocycles. The van der Waals surface area contributed by atoms with Crippen molar-refractivity contribution in [2.75, 3.05) is 6.61 Å². The maximum absolute atomic E-state index is 10.4. The van der Waals surface area contributed by atoms with Crippen molar-refractivity contribution < 1.29 is 19.4 Å². The molecule has 1 rings (SSSR count). The Morgan fingerprint density at radius 1 is 1.59 bits per heavy atom. The minimum atomic E-state index is -1.08. The average molecular weight is 233 g/mol. The number of hydrogen-bond donors (Lipinski definition) is 2.